The summed E-state index contributed by atoms with van der Waals surface area (Å²) in [7, 11) is 3.22. The molecule has 0 aliphatic heterocycles. The van der Waals surface area contributed by atoms with Gasteiger partial charge in [0.15, 0.2) is 28.8 Å². The van der Waals surface area contributed by atoms with Crippen LogP contribution in [0, 0.1) is 5.41 Å². The Bertz CT molecular complexity index is 1160. The van der Waals surface area contributed by atoms with E-state index in [4.69, 9.17) is 23.9 Å². The van der Waals surface area contributed by atoms with Crippen LogP contribution in [-0.4, -0.2) is 50.6 Å². The van der Waals surface area contributed by atoms with Gasteiger partial charge in [0.25, 0.3) is 0 Å². The fraction of sp³-hybridized carbons (Fsp3) is 0.467. The van der Waals surface area contributed by atoms with Gasteiger partial charge < -0.3 is 24.1 Å². The maximum atomic E-state index is 13.2. The summed E-state index contributed by atoms with van der Waals surface area (Å²) in [5, 5.41) is 11.1. The number of carbonyl (C=O) groups excluding carboxylic acids is 1. The maximum absolute atomic E-state index is 13.2. The number of allylic oxidation sites excluding steroid dienone is 2. The third-order valence-corrected chi connectivity index (χ3v) is 6.27. The molecule has 0 spiro atoms. The van der Waals surface area contributed by atoms with Crippen LogP contribution in [0.25, 0.3) is 0 Å². The molecule has 2 aromatic carbocycles. The van der Waals surface area contributed by atoms with E-state index in [0.29, 0.717) is 73.3 Å². The molecule has 0 saturated heterocycles. The van der Waals surface area contributed by atoms with Crippen molar-refractivity contribution in [2.45, 2.75) is 53.4 Å². The second-order valence-corrected chi connectivity index (χ2v) is 9.85. The third kappa shape index (κ3) is 7.28. The second-order valence-electron chi connectivity index (χ2n) is 9.85. The first kappa shape index (κ1) is 28.1. The van der Waals surface area contributed by atoms with E-state index in [1.165, 1.54) is 0 Å². The predicted molar refractivity (Wildman–Crippen MR) is 146 cm³/mol. The first-order valence-corrected chi connectivity index (χ1v) is 12.8. The molecule has 0 amide bonds. The number of benzene rings is 2. The summed E-state index contributed by atoms with van der Waals surface area (Å²) in [6, 6.07) is 11.4. The van der Waals surface area contributed by atoms with Crippen LogP contribution in [-0.2, 0) is 17.6 Å². The van der Waals surface area contributed by atoms with Crippen molar-refractivity contribution < 1.29 is 28.8 Å². The molecule has 37 heavy (non-hydrogen) atoms. The number of carbonyl (C=O) groups is 1. The molecule has 1 aliphatic rings. The summed E-state index contributed by atoms with van der Waals surface area (Å²) in [4.78, 5) is 18.0. The lowest BCUT2D eigenvalue weighted by atomic mass is 9.73. The van der Waals surface area contributed by atoms with Crippen LogP contribution in [0.5, 0.6) is 23.0 Å². The minimum absolute atomic E-state index is 0.0389. The van der Waals surface area contributed by atoms with Crippen LogP contribution in [0.4, 0.5) is 0 Å². The molecule has 3 rings (SSSR count). The van der Waals surface area contributed by atoms with Crippen molar-refractivity contribution in [2.24, 2.45) is 10.4 Å². The Kier molecular flexibility index (Phi) is 9.61. The number of aliphatic imine (C=N–C) groups is 1. The summed E-state index contributed by atoms with van der Waals surface area (Å²) in [5.74, 6) is 2.59. The first-order chi connectivity index (χ1) is 17.7. The summed E-state index contributed by atoms with van der Waals surface area (Å²) < 4.78 is 22.1. The Labute approximate surface area is 220 Å². The molecule has 1 aliphatic carbocycles. The van der Waals surface area contributed by atoms with Crippen molar-refractivity contribution in [3.63, 3.8) is 0 Å². The van der Waals surface area contributed by atoms with Gasteiger partial charge in [-0.05, 0) is 67.5 Å². The van der Waals surface area contributed by atoms with Crippen molar-refractivity contribution in [1.82, 2.24) is 0 Å². The van der Waals surface area contributed by atoms with E-state index in [1.807, 2.05) is 50.2 Å². The van der Waals surface area contributed by atoms with Gasteiger partial charge >= 0.3 is 0 Å². The SMILES string of the molecule is CCOc1ccc(C/C(O)=C2\C(=O)CC(C)(C)CC2=NCCc2ccc(OC)c(OC)c2)cc1OCC. The lowest BCUT2D eigenvalue weighted by molar-refractivity contribution is -0.117. The average Bonchev–Trinajstić information content (AvgIpc) is 2.84. The Morgan fingerprint density at radius 3 is 2.19 bits per heavy atom. The minimum Gasteiger partial charge on any atom is -0.511 e. The molecule has 1 saturated carbocycles. The van der Waals surface area contributed by atoms with E-state index in [0.717, 1.165) is 11.1 Å². The molecule has 0 bridgehead atoms. The van der Waals surface area contributed by atoms with Gasteiger partial charge in [-0.3, -0.25) is 9.79 Å². The summed E-state index contributed by atoms with van der Waals surface area (Å²) >= 11 is 0. The molecule has 7 nitrogen and oxygen atoms in total. The van der Waals surface area contributed by atoms with Crippen LogP contribution in [0.2, 0.25) is 0 Å². The quantitative estimate of drug-likeness (QED) is 0.299. The number of ketones is 1. The molecule has 2 aromatic rings. The molecular weight excluding hydrogens is 470 g/mol. The van der Waals surface area contributed by atoms with E-state index in [-0.39, 0.29) is 23.4 Å². The number of aliphatic hydroxyl groups excluding tert-OH is 1. The number of ether oxygens (including phenoxy) is 4. The Hall–Kier alpha value is -3.48. The predicted octanol–water partition coefficient (Wildman–Crippen LogP) is 5.93. The van der Waals surface area contributed by atoms with Crippen molar-refractivity contribution in [3.8, 4) is 23.0 Å². The van der Waals surface area contributed by atoms with E-state index in [2.05, 4.69) is 13.8 Å². The number of nitrogens with zero attached hydrogens (tertiary/aromatic N) is 1. The molecule has 0 unspecified atom stereocenters. The van der Waals surface area contributed by atoms with Crippen molar-refractivity contribution >= 4 is 11.5 Å². The second kappa shape index (κ2) is 12.7. The maximum Gasteiger partial charge on any atom is 0.168 e. The highest BCUT2D eigenvalue weighted by molar-refractivity contribution is 6.24. The van der Waals surface area contributed by atoms with E-state index < -0.39 is 0 Å². The van der Waals surface area contributed by atoms with Crippen molar-refractivity contribution in [2.75, 3.05) is 34.0 Å². The molecule has 1 N–H and O–H groups in total. The Balaban J connectivity index is 1.86. The number of aliphatic hydroxyl groups is 1. The van der Waals surface area contributed by atoms with Gasteiger partial charge in [0.2, 0.25) is 0 Å². The lowest BCUT2D eigenvalue weighted by Crippen LogP contribution is -2.33. The van der Waals surface area contributed by atoms with Crippen molar-refractivity contribution in [1.29, 1.82) is 0 Å². The van der Waals surface area contributed by atoms with E-state index >= 15 is 0 Å². The highest BCUT2D eigenvalue weighted by atomic mass is 16.5. The zero-order chi connectivity index (χ0) is 27.0. The topological polar surface area (TPSA) is 86.6 Å². The molecule has 7 heteroatoms. The van der Waals surface area contributed by atoms with Crippen LogP contribution >= 0.6 is 0 Å². The molecule has 0 atom stereocenters. The standard InChI is InChI=1S/C30H39NO6/c1-7-36-26-12-10-21(17-28(26)37-8-2)15-23(32)29-22(18-30(3,4)19-24(29)33)31-14-13-20-9-11-25(34-5)27(16-20)35-6/h9-12,16-17,32H,7-8,13-15,18-19H2,1-6H3/b29-23+,31-22?. The summed E-state index contributed by atoms with van der Waals surface area (Å²) in [6.45, 7) is 9.47. The zero-order valence-electron chi connectivity index (χ0n) is 22.8. The minimum atomic E-state index is -0.218. The smallest absolute Gasteiger partial charge is 0.168 e. The fourth-order valence-electron chi connectivity index (χ4n) is 4.59. The molecule has 0 aromatic heterocycles. The molecule has 1 fully saturated rings. The molecule has 0 radical (unpaired) electrons. The Morgan fingerprint density at radius 2 is 1.51 bits per heavy atom. The largest absolute Gasteiger partial charge is 0.511 e. The number of rotatable bonds is 11. The first-order valence-electron chi connectivity index (χ1n) is 12.8. The number of hydrogen-bond donors (Lipinski definition) is 1. The van der Waals surface area contributed by atoms with E-state index in [1.54, 1.807) is 14.2 Å². The van der Waals surface area contributed by atoms with Gasteiger partial charge in [-0.25, -0.2) is 0 Å². The summed E-state index contributed by atoms with van der Waals surface area (Å²) in [5.41, 5.74) is 2.67. The van der Waals surface area contributed by atoms with Crippen LogP contribution < -0.4 is 18.9 Å². The lowest BCUT2D eigenvalue weighted by Gasteiger charge is -2.31. The Morgan fingerprint density at radius 1 is 0.892 bits per heavy atom. The van der Waals surface area contributed by atoms with Crippen LogP contribution in [0.3, 0.4) is 0 Å². The average molecular weight is 510 g/mol. The van der Waals surface area contributed by atoms with Crippen LogP contribution in [0.15, 0.2) is 52.7 Å². The van der Waals surface area contributed by atoms with E-state index in [9.17, 15) is 9.90 Å². The van der Waals surface area contributed by atoms with Crippen LogP contribution in [0.1, 0.15) is 51.7 Å². The number of hydrogen-bond acceptors (Lipinski definition) is 7. The molecular formula is C30H39NO6. The highest BCUT2D eigenvalue weighted by Gasteiger charge is 2.36. The van der Waals surface area contributed by atoms with Gasteiger partial charge in [-0.1, -0.05) is 26.0 Å². The molecule has 0 heterocycles. The highest BCUT2D eigenvalue weighted by Crippen LogP contribution is 2.36. The normalized spacial score (nSPS) is 17.5. The number of Topliss-reactive ketones (excluding diaryl/α,β-unsaturated/α-hetero) is 1. The van der Waals surface area contributed by atoms with Gasteiger partial charge in [0.05, 0.1) is 33.0 Å². The van der Waals surface area contributed by atoms with Gasteiger partial charge in [0.1, 0.15) is 5.76 Å². The third-order valence-electron chi connectivity index (χ3n) is 6.27. The van der Waals surface area contributed by atoms with Gasteiger partial charge in [-0.2, -0.15) is 0 Å². The van der Waals surface area contributed by atoms with Gasteiger partial charge in [-0.15, -0.1) is 0 Å². The number of methoxy groups -OCH3 is 2. The summed E-state index contributed by atoms with van der Waals surface area (Å²) in [6.07, 6.45) is 1.87. The van der Waals surface area contributed by atoms with Crippen molar-refractivity contribution in [3.05, 3.63) is 58.9 Å². The monoisotopic (exact) mass is 509 g/mol. The zero-order valence-corrected chi connectivity index (χ0v) is 22.8. The fourth-order valence-corrected chi connectivity index (χ4v) is 4.59. The van der Waals surface area contributed by atoms with Gasteiger partial charge in [0, 0.05) is 25.1 Å². The molecule has 200 valence electrons.